The number of nitrogens with one attached hydrogen (secondary N) is 1. The first-order valence-corrected chi connectivity index (χ1v) is 9.03. The summed E-state index contributed by atoms with van der Waals surface area (Å²) in [5.41, 5.74) is 0. The summed E-state index contributed by atoms with van der Waals surface area (Å²) >= 11 is 7.46. The lowest BCUT2D eigenvalue weighted by molar-refractivity contribution is -0.120. The van der Waals surface area contributed by atoms with E-state index in [1.54, 1.807) is 12.1 Å². The Morgan fingerprint density at radius 3 is 2.92 bits per heavy atom. The number of halogens is 1. The van der Waals surface area contributed by atoms with Crippen LogP contribution in [-0.2, 0) is 18.4 Å². The van der Waals surface area contributed by atoms with Gasteiger partial charge in [-0.1, -0.05) is 35.5 Å². The van der Waals surface area contributed by atoms with Gasteiger partial charge in [0, 0.05) is 13.1 Å². The Hall–Kier alpha value is -1.73. The Balaban J connectivity index is 1.58. The molecule has 1 aliphatic carbocycles. The largest absolute Gasteiger partial charge is 0.484 e. The molecule has 1 fully saturated rings. The highest BCUT2D eigenvalue weighted by Crippen LogP contribution is 2.26. The van der Waals surface area contributed by atoms with Gasteiger partial charge >= 0.3 is 0 Å². The molecule has 24 heavy (non-hydrogen) atoms. The molecule has 1 heterocycles. The summed E-state index contributed by atoms with van der Waals surface area (Å²) in [5.74, 6) is 1.32. The third-order valence-corrected chi connectivity index (χ3v) is 5.14. The van der Waals surface area contributed by atoms with E-state index in [4.69, 9.17) is 16.3 Å². The van der Waals surface area contributed by atoms with Crippen molar-refractivity contribution in [2.45, 2.75) is 42.8 Å². The van der Waals surface area contributed by atoms with Crippen LogP contribution in [0.3, 0.4) is 0 Å². The third kappa shape index (κ3) is 4.21. The third-order valence-electron chi connectivity index (χ3n) is 3.69. The number of aromatic nitrogens is 3. The zero-order chi connectivity index (χ0) is 17.1. The van der Waals surface area contributed by atoms with Crippen molar-refractivity contribution in [2.24, 2.45) is 7.05 Å². The Morgan fingerprint density at radius 2 is 2.21 bits per heavy atom. The molecule has 3 rings (SSSR count). The Bertz CT molecular complexity index is 733. The van der Waals surface area contributed by atoms with Crippen LogP contribution in [0.1, 0.15) is 25.6 Å². The van der Waals surface area contributed by atoms with Crippen LogP contribution in [0.4, 0.5) is 0 Å². The number of carbonyl (C=O) groups excluding carboxylic acids is 1. The predicted octanol–water partition coefficient (Wildman–Crippen LogP) is 2.81. The lowest BCUT2D eigenvalue weighted by atomic mass is 10.3. The summed E-state index contributed by atoms with van der Waals surface area (Å²) in [7, 11) is 1.86. The quantitative estimate of drug-likeness (QED) is 0.763. The molecule has 0 aliphatic heterocycles. The highest BCUT2D eigenvalue weighted by Gasteiger charge is 2.27. The van der Waals surface area contributed by atoms with Crippen molar-refractivity contribution in [1.29, 1.82) is 0 Å². The van der Waals surface area contributed by atoms with Crippen LogP contribution < -0.4 is 10.1 Å². The minimum absolute atomic E-state index is 0.0411. The lowest BCUT2D eigenvalue weighted by Gasteiger charge is -2.11. The molecule has 6 nitrogen and oxygen atoms in total. The van der Waals surface area contributed by atoms with Crippen molar-refractivity contribution in [1.82, 2.24) is 20.1 Å². The summed E-state index contributed by atoms with van der Waals surface area (Å²) in [5, 5.41) is 12.3. The van der Waals surface area contributed by atoms with Crippen molar-refractivity contribution in [2.75, 3.05) is 0 Å². The summed E-state index contributed by atoms with van der Waals surface area (Å²) < 4.78 is 7.52. The number of nitrogens with zero attached hydrogens (tertiary/aromatic N) is 3. The van der Waals surface area contributed by atoms with Crippen molar-refractivity contribution < 1.29 is 9.53 Å². The second-order valence-corrected chi connectivity index (χ2v) is 7.44. The SMILES string of the molecule is C[C@H](Sc1nnc(COc2ccccc2Cl)n1C)C(=O)NC1CC1. The number of rotatable bonds is 7. The normalized spacial score (nSPS) is 15.1. The van der Waals surface area contributed by atoms with E-state index < -0.39 is 0 Å². The molecule has 0 bridgehead atoms. The van der Waals surface area contributed by atoms with Crippen molar-refractivity contribution in [3.8, 4) is 5.75 Å². The van der Waals surface area contributed by atoms with E-state index >= 15 is 0 Å². The van der Waals surface area contributed by atoms with E-state index in [-0.39, 0.29) is 17.8 Å². The monoisotopic (exact) mass is 366 g/mol. The molecule has 0 radical (unpaired) electrons. The molecule has 1 aliphatic rings. The average molecular weight is 367 g/mol. The number of thioether (sulfide) groups is 1. The van der Waals surface area contributed by atoms with E-state index in [2.05, 4.69) is 15.5 Å². The summed E-state index contributed by atoms with van der Waals surface area (Å²) in [6, 6.07) is 7.65. The molecule has 2 aromatic rings. The molecule has 1 aromatic heterocycles. The molecular formula is C16H19ClN4O2S. The van der Waals surface area contributed by atoms with E-state index in [0.717, 1.165) is 12.8 Å². The number of para-hydroxylation sites is 1. The maximum Gasteiger partial charge on any atom is 0.233 e. The minimum Gasteiger partial charge on any atom is -0.484 e. The Morgan fingerprint density at radius 1 is 1.46 bits per heavy atom. The lowest BCUT2D eigenvalue weighted by Crippen LogP contribution is -2.32. The zero-order valence-electron chi connectivity index (χ0n) is 13.5. The first-order valence-electron chi connectivity index (χ1n) is 7.77. The van der Waals surface area contributed by atoms with Crippen molar-refractivity contribution in [3.63, 3.8) is 0 Å². The molecule has 0 spiro atoms. The van der Waals surface area contributed by atoms with Crippen molar-refractivity contribution in [3.05, 3.63) is 35.1 Å². The van der Waals surface area contributed by atoms with Gasteiger partial charge < -0.3 is 14.6 Å². The van der Waals surface area contributed by atoms with Crippen LogP contribution in [0.25, 0.3) is 0 Å². The molecule has 1 aromatic carbocycles. The van der Waals surface area contributed by atoms with Crippen LogP contribution in [-0.4, -0.2) is 32.0 Å². The van der Waals surface area contributed by atoms with Crippen LogP contribution in [0.15, 0.2) is 29.4 Å². The Kier molecular flexibility index (Phi) is 5.30. The molecule has 1 N–H and O–H groups in total. The number of hydrogen-bond donors (Lipinski definition) is 1. The van der Waals surface area contributed by atoms with Gasteiger partial charge in [-0.15, -0.1) is 10.2 Å². The smallest absolute Gasteiger partial charge is 0.233 e. The standard InChI is InChI=1S/C16H19ClN4O2S/c1-10(15(22)18-11-7-8-11)24-16-20-19-14(21(16)2)9-23-13-6-4-3-5-12(13)17/h3-6,10-11H,7-9H2,1-2H3,(H,18,22)/t10-/m0/s1. The summed E-state index contributed by atoms with van der Waals surface area (Å²) in [6.07, 6.45) is 2.16. The van der Waals surface area contributed by atoms with Gasteiger partial charge in [-0.25, -0.2) is 0 Å². The second kappa shape index (κ2) is 7.44. The zero-order valence-corrected chi connectivity index (χ0v) is 15.1. The van der Waals surface area contributed by atoms with E-state index in [9.17, 15) is 4.79 Å². The summed E-state index contributed by atoms with van der Waals surface area (Å²) in [4.78, 5) is 12.0. The molecule has 8 heteroatoms. The topological polar surface area (TPSA) is 69.0 Å². The summed E-state index contributed by atoms with van der Waals surface area (Å²) in [6.45, 7) is 2.13. The molecule has 1 amide bonds. The van der Waals surface area contributed by atoms with E-state index in [1.807, 2.05) is 30.7 Å². The van der Waals surface area contributed by atoms with Crippen LogP contribution in [0.2, 0.25) is 5.02 Å². The van der Waals surface area contributed by atoms with Gasteiger partial charge in [-0.3, -0.25) is 4.79 Å². The molecule has 1 atom stereocenters. The van der Waals surface area contributed by atoms with Gasteiger partial charge in [0.15, 0.2) is 11.0 Å². The minimum atomic E-state index is -0.217. The number of amides is 1. The van der Waals surface area contributed by atoms with Gasteiger partial charge in [0.05, 0.1) is 10.3 Å². The van der Waals surface area contributed by atoms with Gasteiger partial charge in [-0.05, 0) is 31.9 Å². The van der Waals surface area contributed by atoms with Crippen LogP contribution >= 0.6 is 23.4 Å². The first kappa shape index (κ1) is 17.1. The van der Waals surface area contributed by atoms with Gasteiger partial charge in [-0.2, -0.15) is 0 Å². The average Bonchev–Trinajstić information content (AvgIpc) is 3.31. The van der Waals surface area contributed by atoms with Crippen LogP contribution in [0, 0.1) is 0 Å². The second-order valence-electron chi connectivity index (χ2n) is 5.72. The fourth-order valence-corrected chi connectivity index (χ4v) is 3.07. The fourth-order valence-electron chi connectivity index (χ4n) is 2.04. The highest BCUT2D eigenvalue weighted by atomic mass is 35.5. The molecule has 1 saturated carbocycles. The van der Waals surface area contributed by atoms with Crippen LogP contribution in [0.5, 0.6) is 5.75 Å². The maximum absolute atomic E-state index is 12.0. The fraction of sp³-hybridized carbons (Fsp3) is 0.438. The predicted molar refractivity (Wildman–Crippen MR) is 93.3 cm³/mol. The number of ether oxygens (including phenoxy) is 1. The molecule has 128 valence electrons. The number of carbonyl (C=O) groups is 1. The molecule has 0 unspecified atom stereocenters. The van der Waals surface area contributed by atoms with Gasteiger partial charge in [0.2, 0.25) is 5.91 Å². The van der Waals surface area contributed by atoms with Gasteiger partial charge in [0.25, 0.3) is 0 Å². The number of benzene rings is 1. The molecular weight excluding hydrogens is 348 g/mol. The van der Waals surface area contributed by atoms with Gasteiger partial charge in [0.1, 0.15) is 12.4 Å². The van der Waals surface area contributed by atoms with E-state index in [0.29, 0.717) is 27.8 Å². The van der Waals surface area contributed by atoms with Crippen molar-refractivity contribution >= 4 is 29.3 Å². The maximum atomic E-state index is 12.0. The number of hydrogen-bond acceptors (Lipinski definition) is 5. The van der Waals surface area contributed by atoms with E-state index in [1.165, 1.54) is 11.8 Å². The Labute approximate surface area is 149 Å². The first-order chi connectivity index (χ1) is 11.5. The highest BCUT2D eigenvalue weighted by molar-refractivity contribution is 8.00. The molecule has 0 saturated heterocycles.